The minimum Gasteiger partial charge on any atom is -0.328 e. The summed E-state index contributed by atoms with van der Waals surface area (Å²) in [7, 11) is 1.97. The molecule has 88 valence electrons. The molecule has 1 heterocycles. The van der Waals surface area contributed by atoms with E-state index in [4.69, 9.17) is 5.73 Å². The highest BCUT2D eigenvalue weighted by molar-refractivity contribution is 5.62. The molecule has 0 saturated heterocycles. The lowest BCUT2D eigenvalue weighted by molar-refractivity contribution is 0.934. The summed E-state index contributed by atoms with van der Waals surface area (Å²) in [5.41, 5.74) is 8.99. The second-order valence-electron chi connectivity index (χ2n) is 3.98. The van der Waals surface area contributed by atoms with Crippen LogP contribution in [0.2, 0.25) is 0 Å². The smallest absolute Gasteiger partial charge is 0.159 e. The maximum atomic E-state index is 5.70. The third kappa shape index (κ3) is 2.42. The van der Waals surface area contributed by atoms with Crippen molar-refractivity contribution in [2.24, 2.45) is 5.73 Å². The highest BCUT2D eigenvalue weighted by atomic mass is 15.2. The van der Waals surface area contributed by atoms with Crippen molar-refractivity contribution in [3.05, 3.63) is 47.7 Å². The predicted molar refractivity (Wildman–Crippen MR) is 69.2 cm³/mol. The summed E-state index contributed by atoms with van der Waals surface area (Å²) in [5, 5.41) is 8.07. The summed E-state index contributed by atoms with van der Waals surface area (Å²) in [6.45, 7) is 2.53. The van der Waals surface area contributed by atoms with Crippen molar-refractivity contribution in [3.8, 4) is 0 Å². The molecule has 0 spiro atoms. The number of anilines is 2. The average Bonchev–Trinajstić information content (AvgIpc) is 2.38. The Balaban J connectivity index is 2.40. The van der Waals surface area contributed by atoms with Crippen LogP contribution in [0.15, 0.2) is 36.5 Å². The van der Waals surface area contributed by atoms with Crippen LogP contribution in [-0.4, -0.2) is 17.2 Å². The molecule has 4 nitrogen and oxygen atoms in total. The molecule has 2 rings (SSSR count). The first-order valence-electron chi connectivity index (χ1n) is 5.53. The summed E-state index contributed by atoms with van der Waals surface area (Å²) in [5.74, 6) is 0.806. The largest absolute Gasteiger partial charge is 0.328 e. The van der Waals surface area contributed by atoms with Crippen molar-refractivity contribution < 1.29 is 0 Å². The van der Waals surface area contributed by atoms with Gasteiger partial charge in [-0.3, -0.25) is 0 Å². The van der Waals surface area contributed by atoms with E-state index in [1.54, 1.807) is 6.20 Å². The Kier molecular flexibility index (Phi) is 3.35. The fourth-order valence-electron chi connectivity index (χ4n) is 1.75. The van der Waals surface area contributed by atoms with Crippen molar-refractivity contribution in [1.29, 1.82) is 0 Å². The zero-order valence-corrected chi connectivity index (χ0v) is 10.1. The van der Waals surface area contributed by atoms with Gasteiger partial charge >= 0.3 is 0 Å². The monoisotopic (exact) mass is 228 g/mol. The number of benzene rings is 1. The number of hydrogen-bond donors (Lipinski definition) is 1. The zero-order chi connectivity index (χ0) is 12.3. The molecular formula is C13H16N4. The molecule has 0 amide bonds. The summed E-state index contributed by atoms with van der Waals surface area (Å²) in [6.07, 6.45) is 1.66. The van der Waals surface area contributed by atoms with E-state index in [2.05, 4.69) is 29.3 Å². The van der Waals surface area contributed by atoms with Crippen LogP contribution >= 0.6 is 0 Å². The molecule has 0 bridgehead atoms. The van der Waals surface area contributed by atoms with E-state index in [1.165, 1.54) is 5.56 Å². The summed E-state index contributed by atoms with van der Waals surface area (Å²) < 4.78 is 0. The summed E-state index contributed by atoms with van der Waals surface area (Å²) in [4.78, 5) is 2.00. The summed E-state index contributed by atoms with van der Waals surface area (Å²) in [6, 6.07) is 10.1. The number of aromatic nitrogens is 2. The maximum Gasteiger partial charge on any atom is 0.159 e. The molecule has 0 saturated carbocycles. The highest BCUT2D eigenvalue weighted by Gasteiger charge is 2.10. The van der Waals surface area contributed by atoms with Gasteiger partial charge in [-0.2, -0.15) is 5.10 Å². The number of nitrogens with two attached hydrogens (primary N) is 1. The van der Waals surface area contributed by atoms with Crippen LogP contribution in [0.1, 0.15) is 11.1 Å². The van der Waals surface area contributed by atoms with Gasteiger partial charge in [0.2, 0.25) is 0 Å². The lowest BCUT2D eigenvalue weighted by Crippen LogP contribution is -2.15. The van der Waals surface area contributed by atoms with Crippen LogP contribution < -0.4 is 10.6 Å². The third-order valence-corrected chi connectivity index (χ3v) is 2.71. The Hall–Kier alpha value is -1.94. The van der Waals surface area contributed by atoms with E-state index in [-0.39, 0.29) is 0 Å². The Labute approximate surface area is 101 Å². The van der Waals surface area contributed by atoms with E-state index in [9.17, 15) is 0 Å². The van der Waals surface area contributed by atoms with E-state index >= 15 is 0 Å². The van der Waals surface area contributed by atoms with E-state index < -0.39 is 0 Å². The Bertz CT molecular complexity index is 510. The van der Waals surface area contributed by atoms with E-state index in [1.807, 2.05) is 30.1 Å². The van der Waals surface area contributed by atoms with Gasteiger partial charge in [0.25, 0.3) is 0 Å². The minimum atomic E-state index is 0.459. The second kappa shape index (κ2) is 4.93. The first-order chi connectivity index (χ1) is 8.22. The molecule has 0 aliphatic heterocycles. The van der Waals surface area contributed by atoms with E-state index in [0.29, 0.717) is 6.54 Å². The fraction of sp³-hybridized carbons (Fsp3) is 0.231. The second-order valence-corrected chi connectivity index (χ2v) is 3.98. The minimum absolute atomic E-state index is 0.459. The molecule has 0 atom stereocenters. The molecule has 0 unspecified atom stereocenters. The Morgan fingerprint density at radius 1 is 1.29 bits per heavy atom. The Morgan fingerprint density at radius 3 is 2.82 bits per heavy atom. The summed E-state index contributed by atoms with van der Waals surface area (Å²) >= 11 is 0. The van der Waals surface area contributed by atoms with Crippen LogP contribution in [-0.2, 0) is 6.54 Å². The first-order valence-corrected chi connectivity index (χ1v) is 5.53. The van der Waals surface area contributed by atoms with Crippen molar-refractivity contribution in [2.75, 3.05) is 11.9 Å². The van der Waals surface area contributed by atoms with Crippen LogP contribution in [0.3, 0.4) is 0 Å². The number of hydrogen-bond acceptors (Lipinski definition) is 4. The molecule has 4 heteroatoms. The van der Waals surface area contributed by atoms with Gasteiger partial charge in [-0.1, -0.05) is 12.1 Å². The topological polar surface area (TPSA) is 55.0 Å². The number of nitrogens with zero attached hydrogens (tertiary/aromatic N) is 3. The quantitative estimate of drug-likeness (QED) is 0.873. The fourth-order valence-corrected chi connectivity index (χ4v) is 1.75. The van der Waals surface area contributed by atoms with Gasteiger partial charge in [-0.15, -0.1) is 5.10 Å². The average molecular weight is 228 g/mol. The SMILES string of the molecule is Cc1cccc(N(C)c2nnccc2CN)c1. The molecular weight excluding hydrogens is 212 g/mol. The van der Waals surface area contributed by atoms with Crippen molar-refractivity contribution in [2.45, 2.75) is 13.5 Å². The molecule has 2 aromatic rings. The molecule has 0 radical (unpaired) electrons. The standard InChI is InChI=1S/C13H16N4/c1-10-4-3-5-12(8-10)17(2)13-11(9-14)6-7-15-16-13/h3-8H,9,14H2,1-2H3. The van der Waals surface area contributed by atoms with Crippen LogP contribution in [0.5, 0.6) is 0 Å². The van der Waals surface area contributed by atoms with Gasteiger partial charge in [-0.05, 0) is 30.7 Å². The lowest BCUT2D eigenvalue weighted by Gasteiger charge is -2.20. The molecule has 1 aromatic carbocycles. The molecule has 0 fully saturated rings. The van der Waals surface area contributed by atoms with Crippen LogP contribution in [0.4, 0.5) is 11.5 Å². The van der Waals surface area contributed by atoms with Gasteiger partial charge in [-0.25, -0.2) is 0 Å². The van der Waals surface area contributed by atoms with Gasteiger partial charge in [0.1, 0.15) is 0 Å². The molecule has 0 aliphatic carbocycles. The van der Waals surface area contributed by atoms with Gasteiger partial charge in [0.05, 0.1) is 6.20 Å². The molecule has 17 heavy (non-hydrogen) atoms. The molecule has 0 aliphatic rings. The van der Waals surface area contributed by atoms with Crippen molar-refractivity contribution in [1.82, 2.24) is 10.2 Å². The molecule has 1 aromatic heterocycles. The predicted octanol–water partition coefficient (Wildman–Crippen LogP) is 2.01. The van der Waals surface area contributed by atoms with Crippen molar-refractivity contribution >= 4 is 11.5 Å². The zero-order valence-electron chi connectivity index (χ0n) is 10.1. The van der Waals surface area contributed by atoms with Crippen LogP contribution in [0.25, 0.3) is 0 Å². The Morgan fingerprint density at radius 2 is 2.12 bits per heavy atom. The maximum absolute atomic E-state index is 5.70. The van der Waals surface area contributed by atoms with Crippen LogP contribution in [0, 0.1) is 6.92 Å². The lowest BCUT2D eigenvalue weighted by atomic mass is 10.2. The van der Waals surface area contributed by atoms with Gasteiger partial charge < -0.3 is 10.6 Å². The van der Waals surface area contributed by atoms with Crippen molar-refractivity contribution in [3.63, 3.8) is 0 Å². The van der Waals surface area contributed by atoms with E-state index in [0.717, 1.165) is 17.1 Å². The number of rotatable bonds is 3. The highest BCUT2D eigenvalue weighted by Crippen LogP contribution is 2.24. The third-order valence-electron chi connectivity index (χ3n) is 2.71. The van der Waals surface area contributed by atoms with Gasteiger partial charge in [0.15, 0.2) is 5.82 Å². The first kappa shape index (κ1) is 11.5. The van der Waals surface area contributed by atoms with Gasteiger partial charge in [0, 0.05) is 24.8 Å². The number of aryl methyl sites for hydroxylation is 1. The normalized spacial score (nSPS) is 10.3. The molecule has 2 N–H and O–H groups in total.